The number of nitrogens with zero attached hydrogens (tertiary/aromatic N) is 3. The van der Waals surface area contributed by atoms with Crippen LogP contribution in [0.4, 0.5) is 23.4 Å². The molecule has 1 aliphatic rings. The van der Waals surface area contributed by atoms with Gasteiger partial charge in [0.15, 0.2) is 5.82 Å². The summed E-state index contributed by atoms with van der Waals surface area (Å²) in [6, 6.07) is 4.14. The SMILES string of the molecule is Oc1cc(C(F)(F)F)ccc1-c1nnc(N[C@H]2CNC[C@H](F)C2)c2cnccc12. The zero-order chi connectivity index (χ0) is 20.6. The van der Waals surface area contributed by atoms with Crippen molar-refractivity contribution in [2.45, 2.75) is 24.8 Å². The summed E-state index contributed by atoms with van der Waals surface area (Å²) in [7, 11) is 0. The Hall–Kier alpha value is -3.01. The number of rotatable bonds is 3. The quantitative estimate of drug-likeness (QED) is 0.577. The van der Waals surface area contributed by atoms with Crippen LogP contribution in [0.5, 0.6) is 5.75 Å². The van der Waals surface area contributed by atoms with E-state index in [0.29, 0.717) is 42.2 Å². The minimum absolute atomic E-state index is 0.122. The van der Waals surface area contributed by atoms with E-state index in [1.54, 1.807) is 12.3 Å². The molecule has 4 rings (SSSR count). The van der Waals surface area contributed by atoms with Crippen molar-refractivity contribution >= 4 is 16.6 Å². The van der Waals surface area contributed by atoms with Crippen molar-refractivity contribution < 1.29 is 22.7 Å². The van der Waals surface area contributed by atoms with Crippen LogP contribution in [0, 0.1) is 0 Å². The van der Waals surface area contributed by atoms with Crippen LogP contribution in [0.1, 0.15) is 12.0 Å². The molecule has 3 N–H and O–H groups in total. The second-order valence-electron chi connectivity index (χ2n) is 6.88. The number of hydrogen-bond donors (Lipinski definition) is 3. The molecule has 0 bridgehead atoms. The monoisotopic (exact) mass is 407 g/mol. The molecule has 0 unspecified atom stereocenters. The van der Waals surface area contributed by atoms with E-state index < -0.39 is 23.7 Å². The summed E-state index contributed by atoms with van der Waals surface area (Å²) < 4.78 is 52.2. The van der Waals surface area contributed by atoms with Crippen LogP contribution in [-0.2, 0) is 6.18 Å². The summed E-state index contributed by atoms with van der Waals surface area (Å²) in [6.45, 7) is 0.865. The number of phenolic OH excluding ortho intramolecular Hbond substituents is 1. The lowest BCUT2D eigenvalue weighted by Crippen LogP contribution is -2.44. The highest BCUT2D eigenvalue weighted by Crippen LogP contribution is 2.38. The Morgan fingerprint density at radius 3 is 2.66 bits per heavy atom. The topological polar surface area (TPSA) is 83.0 Å². The first-order chi connectivity index (χ1) is 13.8. The first kappa shape index (κ1) is 19.3. The van der Waals surface area contributed by atoms with Crippen LogP contribution in [0.2, 0.25) is 0 Å². The second-order valence-corrected chi connectivity index (χ2v) is 6.88. The van der Waals surface area contributed by atoms with Gasteiger partial charge in [-0.25, -0.2) is 4.39 Å². The van der Waals surface area contributed by atoms with E-state index in [1.807, 2.05) is 0 Å². The molecular formula is C19H17F4N5O. The molecule has 1 aliphatic heterocycles. The van der Waals surface area contributed by atoms with E-state index in [-0.39, 0.29) is 17.3 Å². The highest BCUT2D eigenvalue weighted by atomic mass is 19.4. The van der Waals surface area contributed by atoms with Gasteiger partial charge in [0.05, 0.1) is 5.56 Å². The third kappa shape index (κ3) is 3.93. The zero-order valence-corrected chi connectivity index (χ0v) is 15.0. The lowest BCUT2D eigenvalue weighted by Gasteiger charge is -2.27. The van der Waals surface area contributed by atoms with Crippen LogP contribution >= 0.6 is 0 Å². The fourth-order valence-electron chi connectivity index (χ4n) is 3.40. The number of aromatic nitrogens is 3. The van der Waals surface area contributed by atoms with Gasteiger partial charge in [-0.3, -0.25) is 4.98 Å². The molecule has 29 heavy (non-hydrogen) atoms. The highest BCUT2D eigenvalue weighted by Gasteiger charge is 2.31. The molecule has 2 atom stereocenters. The molecule has 152 valence electrons. The Bertz CT molecular complexity index is 1040. The lowest BCUT2D eigenvalue weighted by atomic mass is 10.0. The predicted molar refractivity (Wildman–Crippen MR) is 99.2 cm³/mol. The summed E-state index contributed by atoms with van der Waals surface area (Å²) >= 11 is 0. The van der Waals surface area contributed by atoms with Gasteiger partial charge in [0.1, 0.15) is 17.6 Å². The molecule has 3 heterocycles. The molecule has 6 nitrogen and oxygen atoms in total. The lowest BCUT2D eigenvalue weighted by molar-refractivity contribution is -0.137. The van der Waals surface area contributed by atoms with Gasteiger partial charge in [-0.05, 0) is 24.3 Å². The number of anilines is 1. The Balaban J connectivity index is 1.74. The fraction of sp³-hybridized carbons (Fsp3) is 0.316. The minimum Gasteiger partial charge on any atom is -0.507 e. The van der Waals surface area contributed by atoms with E-state index in [9.17, 15) is 22.7 Å². The van der Waals surface area contributed by atoms with Crippen LogP contribution in [0.3, 0.4) is 0 Å². The smallest absolute Gasteiger partial charge is 0.416 e. The number of fused-ring (bicyclic) bond motifs is 1. The van der Waals surface area contributed by atoms with E-state index in [2.05, 4.69) is 25.8 Å². The number of alkyl halides is 4. The minimum atomic E-state index is -4.57. The third-order valence-electron chi connectivity index (χ3n) is 4.80. The van der Waals surface area contributed by atoms with Crippen LogP contribution in [-0.4, -0.2) is 45.6 Å². The van der Waals surface area contributed by atoms with E-state index in [1.165, 1.54) is 6.20 Å². The molecule has 0 aliphatic carbocycles. The summed E-state index contributed by atoms with van der Waals surface area (Å²) in [5, 5.41) is 25.7. The van der Waals surface area contributed by atoms with Crippen molar-refractivity contribution in [1.82, 2.24) is 20.5 Å². The van der Waals surface area contributed by atoms with Gasteiger partial charge in [-0.15, -0.1) is 10.2 Å². The number of piperidine rings is 1. The van der Waals surface area contributed by atoms with Gasteiger partial charge in [-0.1, -0.05) is 0 Å². The van der Waals surface area contributed by atoms with Gasteiger partial charge in [0, 0.05) is 54.3 Å². The molecule has 3 aromatic rings. The summed E-state index contributed by atoms with van der Waals surface area (Å²) in [5.41, 5.74) is -0.609. The van der Waals surface area contributed by atoms with Crippen molar-refractivity contribution in [3.63, 3.8) is 0 Å². The van der Waals surface area contributed by atoms with Gasteiger partial charge < -0.3 is 15.7 Å². The predicted octanol–water partition coefficient (Wildman–Crippen LogP) is 3.53. The summed E-state index contributed by atoms with van der Waals surface area (Å²) in [6.07, 6.45) is -2.16. The normalized spacial score (nSPS) is 20.0. The molecule has 10 heteroatoms. The molecule has 1 saturated heterocycles. The van der Waals surface area contributed by atoms with E-state index >= 15 is 0 Å². The maximum Gasteiger partial charge on any atom is 0.416 e. The van der Waals surface area contributed by atoms with Crippen molar-refractivity contribution in [2.75, 3.05) is 18.4 Å². The molecule has 2 aromatic heterocycles. The van der Waals surface area contributed by atoms with E-state index in [4.69, 9.17) is 0 Å². The number of phenols is 1. The van der Waals surface area contributed by atoms with Gasteiger partial charge in [-0.2, -0.15) is 13.2 Å². The number of benzene rings is 1. The maximum atomic E-state index is 13.6. The summed E-state index contributed by atoms with van der Waals surface area (Å²) in [5.74, 6) is -0.158. The number of pyridine rings is 1. The summed E-state index contributed by atoms with van der Waals surface area (Å²) in [4.78, 5) is 4.08. The van der Waals surface area contributed by atoms with Crippen molar-refractivity contribution in [1.29, 1.82) is 0 Å². The molecule has 0 amide bonds. The van der Waals surface area contributed by atoms with Crippen molar-refractivity contribution in [3.8, 4) is 17.0 Å². The van der Waals surface area contributed by atoms with Crippen molar-refractivity contribution in [2.24, 2.45) is 0 Å². The number of aromatic hydroxyl groups is 1. The Morgan fingerprint density at radius 2 is 1.93 bits per heavy atom. The third-order valence-corrected chi connectivity index (χ3v) is 4.80. The highest BCUT2D eigenvalue weighted by molar-refractivity contribution is 6.00. The van der Waals surface area contributed by atoms with Gasteiger partial charge in [0.25, 0.3) is 0 Å². The maximum absolute atomic E-state index is 13.6. The number of nitrogens with one attached hydrogen (secondary N) is 2. The zero-order valence-electron chi connectivity index (χ0n) is 15.0. The number of halogens is 4. The van der Waals surface area contributed by atoms with Crippen LogP contribution in [0.15, 0.2) is 36.7 Å². The fourth-order valence-corrected chi connectivity index (χ4v) is 3.40. The molecule has 0 spiro atoms. The number of hydrogen-bond acceptors (Lipinski definition) is 6. The van der Waals surface area contributed by atoms with Gasteiger partial charge in [0.2, 0.25) is 0 Å². The first-order valence-corrected chi connectivity index (χ1v) is 8.95. The second kappa shape index (κ2) is 7.43. The van der Waals surface area contributed by atoms with Crippen molar-refractivity contribution in [3.05, 3.63) is 42.2 Å². The van der Waals surface area contributed by atoms with E-state index in [0.717, 1.165) is 12.1 Å². The van der Waals surface area contributed by atoms with Gasteiger partial charge >= 0.3 is 6.18 Å². The molecule has 0 saturated carbocycles. The largest absolute Gasteiger partial charge is 0.507 e. The molecular weight excluding hydrogens is 390 g/mol. The Labute approximate surface area is 163 Å². The van der Waals surface area contributed by atoms with Crippen LogP contribution < -0.4 is 10.6 Å². The Kier molecular flexibility index (Phi) is 4.95. The molecule has 0 radical (unpaired) electrons. The first-order valence-electron chi connectivity index (χ1n) is 8.95. The average Bonchev–Trinajstić information content (AvgIpc) is 2.68. The molecule has 1 aromatic carbocycles. The Morgan fingerprint density at radius 1 is 1.10 bits per heavy atom. The standard InChI is InChI=1S/C19H17F4N5O/c20-11-6-12(8-25-7-11)26-18-15-9-24-4-3-13(15)17(27-28-18)14-2-1-10(5-16(14)29)19(21,22)23/h1-5,9,11-12,25,29H,6-8H2,(H,26,28)/t11-,12-/m1/s1. The molecule has 1 fully saturated rings. The average molecular weight is 407 g/mol. The van der Waals surface area contributed by atoms with Crippen LogP contribution in [0.25, 0.3) is 22.0 Å².